The Kier molecular flexibility index (Phi) is 4.17. The molecular formula is C18H20N2O3S2. The van der Waals surface area contributed by atoms with Crippen molar-refractivity contribution in [2.45, 2.75) is 37.5 Å². The van der Waals surface area contributed by atoms with Crippen molar-refractivity contribution < 1.29 is 12.9 Å². The third-order valence-corrected chi connectivity index (χ3v) is 8.12. The number of aryl methyl sites for hydroxylation is 2. The molecule has 25 heavy (non-hydrogen) atoms. The van der Waals surface area contributed by atoms with Crippen molar-refractivity contribution in [2.24, 2.45) is 0 Å². The quantitative estimate of drug-likeness (QED) is 0.691. The second-order valence-corrected chi connectivity index (χ2v) is 9.66. The van der Waals surface area contributed by atoms with Crippen LogP contribution >= 0.6 is 11.3 Å². The monoisotopic (exact) mass is 376 g/mol. The van der Waals surface area contributed by atoms with Gasteiger partial charge in [0.25, 0.3) is 0 Å². The average Bonchev–Trinajstić information content (AvgIpc) is 3.17. The molecule has 132 valence electrons. The van der Waals surface area contributed by atoms with Gasteiger partial charge < -0.3 is 4.52 Å². The zero-order valence-electron chi connectivity index (χ0n) is 14.2. The molecule has 1 fully saturated rings. The van der Waals surface area contributed by atoms with E-state index in [1.165, 1.54) is 0 Å². The first kappa shape index (κ1) is 16.8. The average molecular weight is 377 g/mol. The Morgan fingerprint density at radius 3 is 2.60 bits per heavy atom. The lowest BCUT2D eigenvalue weighted by Gasteiger charge is -2.30. The molecule has 3 aromatic rings. The normalized spacial score (nSPS) is 17.4. The van der Waals surface area contributed by atoms with Crippen molar-refractivity contribution in [3.63, 3.8) is 0 Å². The molecule has 5 nitrogen and oxygen atoms in total. The number of piperidine rings is 1. The standard InChI is InChI=1S/C18H20N2O3S2/c1-12-11-16(23-19-12)14-7-9-20(10-8-14)25(21,22)18-13(2)24-17-6-4-3-5-15(17)18/h3-6,11,14H,7-10H2,1-2H3. The molecule has 0 atom stereocenters. The van der Waals surface area contributed by atoms with E-state index in [4.69, 9.17) is 4.52 Å². The van der Waals surface area contributed by atoms with E-state index in [1.54, 1.807) is 15.6 Å². The molecule has 0 unspecified atom stereocenters. The fourth-order valence-electron chi connectivity index (χ4n) is 3.55. The summed E-state index contributed by atoms with van der Waals surface area (Å²) in [6.45, 7) is 4.81. The smallest absolute Gasteiger partial charge is 0.244 e. The molecule has 2 aromatic heterocycles. The summed E-state index contributed by atoms with van der Waals surface area (Å²) in [5, 5.41) is 4.77. The lowest BCUT2D eigenvalue weighted by molar-refractivity contribution is 0.275. The van der Waals surface area contributed by atoms with Crippen LogP contribution in [0.15, 0.2) is 39.8 Å². The summed E-state index contributed by atoms with van der Waals surface area (Å²) < 4.78 is 34.5. The third-order valence-electron chi connectivity index (χ3n) is 4.81. The Morgan fingerprint density at radius 2 is 1.92 bits per heavy atom. The van der Waals surface area contributed by atoms with Gasteiger partial charge in [0.15, 0.2) is 0 Å². The lowest BCUT2D eigenvalue weighted by Crippen LogP contribution is -2.38. The predicted octanol–water partition coefficient (Wildman–Crippen LogP) is 4.07. The van der Waals surface area contributed by atoms with E-state index in [9.17, 15) is 8.42 Å². The number of fused-ring (bicyclic) bond motifs is 1. The Balaban J connectivity index is 1.60. The molecule has 3 heterocycles. The molecule has 0 N–H and O–H groups in total. The molecule has 0 radical (unpaired) electrons. The number of rotatable bonds is 3. The van der Waals surface area contributed by atoms with Crippen molar-refractivity contribution in [1.82, 2.24) is 9.46 Å². The minimum atomic E-state index is -3.48. The van der Waals surface area contributed by atoms with Gasteiger partial charge in [-0.1, -0.05) is 23.4 Å². The molecule has 0 spiro atoms. The van der Waals surface area contributed by atoms with Crippen LogP contribution in [0, 0.1) is 13.8 Å². The Labute approximate surface area is 151 Å². The van der Waals surface area contributed by atoms with Crippen molar-refractivity contribution in [3.05, 3.63) is 46.7 Å². The lowest BCUT2D eigenvalue weighted by atomic mass is 9.95. The summed E-state index contributed by atoms with van der Waals surface area (Å²) in [5.74, 6) is 1.11. The maximum absolute atomic E-state index is 13.2. The molecule has 1 aliphatic heterocycles. The zero-order chi connectivity index (χ0) is 17.6. The first-order valence-corrected chi connectivity index (χ1v) is 10.6. The highest BCUT2D eigenvalue weighted by atomic mass is 32.2. The van der Waals surface area contributed by atoms with Crippen LogP contribution < -0.4 is 0 Å². The molecule has 0 aliphatic carbocycles. The van der Waals surface area contributed by atoms with Crippen LogP contribution in [0.1, 0.15) is 35.1 Å². The topological polar surface area (TPSA) is 63.4 Å². The van der Waals surface area contributed by atoms with Crippen LogP contribution in [0.4, 0.5) is 0 Å². The summed E-state index contributed by atoms with van der Waals surface area (Å²) in [4.78, 5) is 1.33. The van der Waals surface area contributed by atoms with Crippen molar-refractivity contribution in [2.75, 3.05) is 13.1 Å². The highest BCUT2D eigenvalue weighted by Crippen LogP contribution is 2.38. The summed E-state index contributed by atoms with van der Waals surface area (Å²) in [6.07, 6.45) is 1.52. The van der Waals surface area contributed by atoms with Gasteiger partial charge in [-0.15, -0.1) is 11.3 Å². The van der Waals surface area contributed by atoms with E-state index in [0.29, 0.717) is 18.0 Å². The molecule has 1 aromatic carbocycles. The molecule has 1 aliphatic rings. The molecule has 1 saturated heterocycles. The fourth-order valence-corrected chi connectivity index (χ4v) is 6.78. The highest BCUT2D eigenvalue weighted by molar-refractivity contribution is 7.89. The van der Waals surface area contributed by atoms with Gasteiger partial charge >= 0.3 is 0 Å². The highest BCUT2D eigenvalue weighted by Gasteiger charge is 2.33. The largest absolute Gasteiger partial charge is 0.361 e. The Morgan fingerprint density at radius 1 is 1.20 bits per heavy atom. The predicted molar refractivity (Wildman–Crippen MR) is 98.5 cm³/mol. The van der Waals surface area contributed by atoms with E-state index < -0.39 is 10.0 Å². The van der Waals surface area contributed by atoms with Crippen molar-refractivity contribution in [3.8, 4) is 0 Å². The number of aromatic nitrogens is 1. The maximum Gasteiger partial charge on any atom is 0.244 e. The Hall–Kier alpha value is -1.70. The van der Waals surface area contributed by atoms with Crippen LogP contribution in [-0.4, -0.2) is 31.0 Å². The first-order chi connectivity index (χ1) is 12.0. The van der Waals surface area contributed by atoms with E-state index in [2.05, 4.69) is 5.16 Å². The van der Waals surface area contributed by atoms with Gasteiger partial charge in [-0.2, -0.15) is 4.31 Å². The summed E-state index contributed by atoms with van der Waals surface area (Å²) in [6, 6.07) is 9.66. The maximum atomic E-state index is 13.2. The molecule has 7 heteroatoms. The van der Waals surface area contributed by atoms with Gasteiger partial charge in [0.05, 0.1) is 5.69 Å². The van der Waals surface area contributed by atoms with Gasteiger partial charge in [0.2, 0.25) is 10.0 Å². The summed E-state index contributed by atoms with van der Waals surface area (Å²) in [5.41, 5.74) is 0.866. The van der Waals surface area contributed by atoms with Gasteiger partial charge in [-0.05, 0) is 32.8 Å². The fraction of sp³-hybridized carbons (Fsp3) is 0.389. The first-order valence-electron chi connectivity index (χ1n) is 8.38. The van der Waals surface area contributed by atoms with E-state index in [1.807, 2.05) is 44.2 Å². The molecular weight excluding hydrogens is 356 g/mol. The van der Waals surface area contributed by atoms with Crippen molar-refractivity contribution in [1.29, 1.82) is 0 Å². The number of sulfonamides is 1. The van der Waals surface area contributed by atoms with Gasteiger partial charge in [0, 0.05) is 40.0 Å². The minimum Gasteiger partial charge on any atom is -0.361 e. The van der Waals surface area contributed by atoms with Crippen LogP contribution in [0.3, 0.4) is 0 Å². The van der Waals surface area contributed by atoms with Gasteiger partial charge in [0.1, 0.15) is 10.7 Å². The SMILES string of the molecule is Cc1cc(C2CCN(S(=O)(=O)c3c(C)sc4ccccc34)CC2)on1. The van der Waals surface area contributed by atoms with Crippen molar-refractivity contribution >= 4 is 31.4 Å². The number of hydrogen-bond acceptors (Lipinski definition) is 5. The van der Waals surface area contributed by atoms with Gasteiger partial charge in [-0.3, -0.25) is 0 Å². The van der Waals surface area contributed by atoms with Crippen LogP contribution in [0.2, 0.25) is 0 Å². The third kappa shape index (κ3) is 2.90. The van der Waals surface area contributed by atoms with E-state index in [-0.39, 0.29) is 5.92 Å². The van der Waals surface area contributed by atoms with E-state index >= 15 is 0 Å². The minimum absolute atomic E-state index is 0.243. The number of benzene rings is 1. The number of hydrogen-bond donors (Lipinski definition) is 0. The van der Waals surface area contributed by atoms with Crippen LogP contribution in [-0.2, 0) is 10.0 Å². The molecule has 4 rings (SSSR count). The van der Waals surface area contributed by atoms with E-state index in [0.717, 1.165) is 39.3 Å². The molecule has 0 bridgehead atoms. The second kappa shape index (κ2) is 6.23. The van der Waals surface area contributed by atoms with Gasteiger partial charge in [-0.25, -0.2) is 8.42 Å². The second-order valence-electron chi connectivity index (χ2n) is 6.53. The molecule has 0 amide bonds. The number of nitrogens with zero attached hydrogens (tertiary/aromatic N) is 2. The van der Waals surface area contributed by atoms with Crippen LogP contribution in [0.25, 0.3) is 10.1 Å². The Bertz CT molecular complexity index is 1010. The summed E-state index contributed by atoms with van der Waals surface area (Å²) in [7, 11) is -3.48. The van der Waals surface area contributed by atoms with Crippen LogP contribution in [0.5, 0.6) is 0 Å². The molecule has 0 saturated carbocycles. The number of thiophene rings is 1. The summed E-state index contributed by atoms with van der Waals surface area (Å²) >= 11 is 1.54. The zero-order valence-corrected chi connectivity index (χ0v) is 15.9.